The van der Waals surface area contributed by atoms with Gasteiger partial charge in [-0.05, 0) is 24.6 Å². The number of benzene rings is 1. The van der Waals surface area contributed by atoms with Gasteiger partial charge in [0.25, 0.3) is 0 Å². The quantitative estimate of drug-likeness (QED) is 0.530. The van der Waals surface area contributed by atoms with Gasteiger partial charge in [0.2, 0.25) is 0 Å². The second-order valence-corrected chi connectivity index (χ2v) is 7.69. The Bertz CT molecular complexity index is 526. The molecule has 0 saturated carbocycles. The zero-order chi connectivity index (χ0) is 15.7. The van der Waals surface area contributed by atoms with E-state index in [0.29, 0.717) is 23.6 Å². The lowest BCUT2D eigenvalue weighted by molar-refractivity contribution is 0.302. The van der Waals surface area contributed by atoms with Gasteiger partial charge in [-0.1, -0.05) is 39.0 Å². The summed E-state index contributed by atoms with van der Waals surface area (Å²) in [7, 11) is -3.10. The Labute approximate surface area is 128 Å². The molecule has 0 spiro atoms. The molecule has 1 aromatic carbocycles. The largest absolute Gasteiger partial charge is 0.493 e. The first-order valence-electron chi connectivity index (χ1n) is 7.61. The molecule has 0 radical (unpaired) electrons. The first-order valence-corrected chi connectivity index (χ1v) is 9.67. The Morgan fingerprint density at radius 2 is 1.76 bits per heavy atom. The third kappa shape index (κ3) is 7.95. The summed E-state index contributed by atoms with van der Waals surface area (Å²) in [6.07, 6.45) is 8.40. The van der Waals surface area contributed by atoms with E-state index in [2.05, 4.69) is 6.92 Å². The van der Waals surface area contributed by atoms with Crippen LogP contribution >= 0.6 is 0 Å². The lowest BCUT2D eigenvalue weighted by Crippen LogP contribution is -2.06. The maximum atomic E-state index is 11.4. The van der Waals surface area contributed by atoms with Gasteiger partial charge in [0.1, 0.15) is 5.75 Å². The van der Waals surface area contributed by atoms with Crippen molar-refractivity contribution in [1.29, 1.82) is 0 Å². The van der Waals surface area contributed by atoms with Crippen LogP contribution in [0.1, 0.15) is 51.0 Å². The average molecular weight is 313 g/mol. The monoisotopic (exact) mass is 313 g/mol. The Kier molecular flexibility index (Phi) is 7.57. The van der Waals surface area contributed by atoms with Crippen molar-refractivity contribution in [3.63, 3.8) is 0 Å². The molecule has 21 heavy (non-hydrogen) atoms. The van der Waals surface area contributed by atoms with E-state index >= 15 is 0 Å². The Morgan fingerprint density at radius 1 is 1.10 bits per heavy atom. The summed E-state index contributed by atoms with van der Waals surface area (Å²) in [4.78, 5) is 0. The number of sulfone groups is 1. The van der Waals surface area contributed by atoms with Gasteiger partial charge in [0.15, 0.2) is 9.84 Å². The fourth-order valence-corrected chi connectivity index (χ4v) is 2.99. The summed E-state index contributed by atoms with van der Waals surface area (Å²) in [6, 6.07) is 5.17. The van der Waals surface area contributed by atoms with Crippen molar-refractivity contribution in [3.8, 4) is 5.75 Å². The second-order valence-electron chi connectivity index (χ2n) is 5.55. The molecule has 4 nitrogen and oxygen atoms in total. The van der Waals surface area contributed by atoms with Gasteiger partial charge in [0, 0.05) is 17.5 Å². The number of rotatable bonds is 10. The predicted octanol–water partition coefficient (Wildman–Crippen LogP) is 3.55. The molecule has 0 aliphatic carbocycles. The lowest BCUT2D eigenvalue weighted by atomic mass is 10.1. The van der Waals surface area contributed by atoms with Gasteiger partial charge in [-0.3, -0.25) is 0 Å². The highest BCUT2D eigenvalue weighted by molar-refractivity contribution is 7.89. The summed E-state index contributed by atoms with van der Waals surface area (Å²) < 4.78 is 28.6. The van der Waals surface area contributed by atoms with Gasteiger partial charge in [-0.15, -0.1) is 0 Å². The van der Waals surface area contributed by atoms with E-state index in [9.17, 15) is 8.42 Å². The number of hydrogen-bond donors (Lipinski definition) is 1. The maximum absolute atomic E-state index is 11.4. The average Bonchev–Trinajstić information content (AvgIpc) is 2.38. The summed E-state index contributed by atoms with van der Waals surface area (Å²) in [5, 5.41) is 0. The van der Waals surface area contributed by atoms with Crippen LogP contribution in [-0.4, -0.2) is 21.3 Å². The van der Waals surface area contributed by atoms with Crippen LogP contribution in [-0.2, 0) is 15.6 Å². The Hall–Kier alpha value is -1.23. The van der Waals surface area contributed by atoms with Crippen molar-refractivity contribution in [2.24, 2.45) is 0 Å². The number of nitrogen functional groups attached to an aromatic ring is 1. The second kappa shape index (κ2) is 8.93. The maximum Gasteiger partial charge on any atom is 0.151 e. The molecule has 1 aromatic rings. The Morgan fingerprint density at radius 3 is 2.43 bits per heavy atom. The third-order valence-corrected chi connectivity index (χ3v) is 4.09. The van der Waals surface area contributed by atoms with E-state index in [0.717, 1.165) is 12.8 Å². The van der Waals surface area contributed by atoms with Crippen LogP contribution in [0, 0.1) is 0 Å². The minimum Gasteiger partial charge on any atom is -0.493 e. The van der Waals surface area contributed by atoms with E-state index in [1.54, 1.807) is 18.2 Å². The fraction of sp³-hybridized carbons (Fsp3) is 0.625. The van der Waals surface area contributed by atoms with E-state index in [1.807, 2.05) is 0 Å². The zero-order valence-electron chi connectivity index (χ0n) is 13.1. The molecule has 0 amide bonds. The number of ether oxygens (including phenoxy) is 1. The standard InChI is InChI=1S/C16H27NO3S/c1-3-4-5-6-7-8-11-20-16-10-9-15(17)12-14(16)13-21(2,18)19/h9-10,12H,3-8,11,13,17H2,1-2H3. The molecule has 0 aromatic heterocycles. The molecule has 0 aliphatic heterocycles. The number of anilines is 1. The highest BCUT2D eigenvalue weighted by atomic mass is 32.2. The minimum absolute atomic E-state index is 0.0378. The van der Waals surface area contributed by atoms with Crippen molar-refractivity contribution in [3.05, 3.63) is 23.8 Å². The molecule has 0 saturated heterocycles. The van der Waals surface area contributed by atoms with Crippen molar-refractivity contribution < 1.29 is 13.2 Å². The number of nitrogens with two attached hydrogens (primary N) is 1. The summed E-state index contributed by atoms with van der Waals surface area (Å²) in [5.41, 5.74) is 6.92. The zero-order valence-corrected chi connectivity index (χ0v) is 13.9. The molecule has 0 unspecified atom stereocenters. The molecule has 2 N–H and O–H groups in total. The molecule has 120 valence electrons. The predicted molar refractivity (Wildman–Crippen MR) is 88.3 cm³/mol. The number of hydrogen-bond acceptors (Lipinski definition) is 4. The van der Waals surface area contributed by atoms with Crippen molar-refractivity contribution in [1.82, 2.24) is 0 Å². The van der Waals surface area contributed by atoms with Crippen molar-refractivity contribution >= 4 is 15.5 Å². The lowest BCUT2D eigenvalue weighted by Gasteiger charge is -2.12. The summed E-state index contributed by atoms with van der Waals surface area (Å²) in [6.45, 7) is 2.82. The van der Waals surface area contributed by atoms with Gasteiger partial charge in [0.05, 0.1) is 12.4 Å². The highest BCUT2D eigenvalue weighted by Crippen LogP contribution is 2.23. The van der Waals surface area contributed by atoms with Gasteiger partial charge >= 0.3 is 0 Å². The van der Waals surface area contributed by atoms with Crippen LogP contribution in [0.15, 0.2) is 18.2 Å². The van der Waals surface area contributed by atoms with Crippen LogP contribution in [0.2, 0.25) is 0 Å². The van der Waals surface area contributed by atoms with Crippen LogP contribution in [0.25, 0.3) is 0 Å². The molecular weight excluding hydrogens is 286 g/mol. The van der Waals surface area contributed by atoms with Crippen molar-refractivity contribution in [2.45, 2.75) is 51.2 Å². The van der Waals surface area contributed by atoms with Crippen LogP contribution in [0.4, 0.5) is 5.69 Å². The third-order valence-electron chi connectivity index (χ3n) is 3.26. The smallest absolute Gasteiger partial charge is 0.151 e. The normalized spacial score (nSPS) is 11.5. The van der Waals surface area contributed by atoms with Gasteiger partial charge in [-0.25, -0.2) is 8.42 Å². The molecule has 1 rings (SSSR count). The van der Waals surface area contributed by atoms with E-state index in [1.165, 1.54) is 31.9 Å². The minimum atomic E-state index is -3.10. The van der Waals surface area contributed by atoms with Gasteiger partial charge < -0.3 is 10.5 Å². The molecular formula is C16H27NO3S. The van der Waals surface area contributed by atoms with Crippen LogP contribution in [0.5, 0.6) is 5.75 Å². The van der Waals surface area contributed by atoms with Crippen LogP contribution < -0.4 is 10.5 Å². The molecule has 0 fully saturated rings. The number of unbranched alkanes of at least 4 members (excludes halogenated alkanes) is 5. The summed E-state index contributed by atoms with van der Waals surface area (Å²) in [5.74, 6) is 0.590. The SMILES string of the molecule is CCCCCCCCOc1ccc(N)cc1CS(C)(=O)=O. The first kappa shape index (κ1) is 17.8. The van der Waals surface area contributed by atoms with E-state index < -0.39 is 9.84 Å². The van der Waals surface area contributed by atoms with Crippen LogP contribution in [0.3, 0.4) is 0 Å². The Balaban J connectivity index is 2.47. The summed E-state index contributed by atoms with van der Waals surface area (Å²) >= 11 is 0. The van der Waals surface area contributed by atoms with E-state index in [-0.39, 0.29) is 5.75 Å². The highest BCUT2D eigenvalue weighted by Gasteiger charge is 2.11. The molecule has 0 heterocycles. The molecule has 5 heteroatoms. The topological polar surface area (TPSA) is 69.4 Å². The first-order chi connectivity index (χ1) is 9.92. The van der Waals surface area contributed by atoms with E-state index in [4.69, 9.17) is 10.5 Å². The molecule has 0 bridgehead atoms. The van der Waals surface area contributed by atoms with Crippen molar-refractivity contribution in [2.75, 3.05) is 18.6 Å². The molecule has 0 atom stereocenters. The van der Waals surface area contributed by atoms with Gasteiger partial charge in [-0.2, -0.15) is 0 Å². The fourth-order valence-electron chi connectivity index (χ4n) is 2.20. The molecule has 0 aliphatic rings.